The molecule has 0 saturated carbocycles. The van der Waals surface area contributed by atoms with Crippen molar-refractivity contribution < 1.29 is 19.1 Å². The van der Waals surface area contributed by atoms with E-state index in [1.165, 1.54) is 7.11 Å². The zero-order valence-corrected chi connectivity index (χ0v) is 19.7. The Morgan fingerprint density at radius 3 is 2.47 bits per heavy atom. The van der Waals surface area contributed by atoms with Crippen molar-refractivity contribution in [1.82, 2.24) is 0 Å². The first-order valence-electron chi connectivity index (χ1n) is 10.2. The molecule has 0 radical (unpaired) electrons. The molecule has 7 nitrogen and oxygen atoms in total. The number of hydrogen-bond acceptors (Lipinski definition) is 5. The third-order valence-corrected chi connectivity index (χ3v) is 5.78. The van der Waals surface area contributed by atoms with Crippen LogP contribution < -0.4 is 20.3 Å². The van der Waals surface area contributed by atoms with E-state index in [1.54, 1.807) is 66.7 Å². The molecule has 0 fully saturated rings. The smallest absolute Gasteiger partial charge is 0.283 e. The molecule has 0 saturated heterocycles. The predicted octanol–water partition coefficient (Wildman–Crippen LogP) is 5.35. The number of ether oxygens (including phenoxy) is 1. The third-order valence-electron chi connectivity index (χ3n) is 5.20. The number of para-hydroxylation sites is 2. The number of carbonyl (C=O) groups is 3. The summed E-state index contributed by atoms with van der Waals surface area (Å²) in [4.78, 5) is 39.6. The summed E-state index contributed by atoms with van der Waals surface area (Å²) in [6.45, 7) is 1.86. The van der Waals surface area contributed by atoms with Gasteiger partial charge in [0.2, 0.25) is 0 Å². The van der Waals surface area contributed by atoms with Crippen LogP contribution in [0.5, 0.6) is 5.75 Å². The van der Waals surface area contributed by atoms with Gasteiger partial charge in [0.1, 0.15) is 16.5 Å². The number of hydrogen-bond donors (Lipinski definition) is 2. The standard InChI is InChI=1S/C25H19Cl2N3O4/c1-14-10-11-16(26)13-18(14)29-23(31)15-6-5-7-17(12-15)28-22-21(27)24(32)30(25(22)33)19-8-3-4-9-20(19)34-2/h3-13,28H,1-2H3,(H,29,31). The number of nitrogens with zero attached hydrogens (tertiary/aromatic N) is 1. The van der Waals surface area contributed by atoms with E-state index in [1.807, 2.05) is 6.92 Å². The largest absolute Gasteiger partial charge is 0.495 e. The fraction of sp³-hybridized carbons (Fsp3) is 0.0800. The first-order chi connectivity index (χ1) is 16.3. The number of benzene rings is 3. The SMILES string of the molecule is COc1ccccc1N1C(=O)C(Cl)=C(Nc2cccc(C(=O)Nc3cc(Cl)ccc3C)c2)C1=O. The fourth-order valence-electron chi connectivity index (χ4n) is 3.45. The van der Waals surface area contributed by atoms with Gasteiger partial charge in [0, 0.05) is 22.0 Å². The molecule has 0 aromatic heterocycles. The van der Waals surface area contributed by atoms with Crippen molar-refractivity contribution in [3.63, 3.8) is 0 Å². The van der Waals surface area contributed by atoms with Gasteiger partial charge in [-0.05, 0) is 55.0 Å². The number of rotatable bonds is 6. The Balaban J connectivity index is 1.57. The van der Waals surface area contributed by atoms with Crippen molar-refractivity contribution in [3.05, 3.63) is 93.6 Å². The number of nitrogens with one attached hydrogen (secondary N) is 2. The van der Waals surface area contributed by atoms with Gasteiger partial charge >= 0.3 is 0 Å². The maximum Gasteiger partial charge on any atom is 0.283 e. The van der Waals surface area contributed by atoms with Crippen LogP contribution in [0.1, 0.15) is 15.9 Å². The Kier molecular flexibility index (Phi) is 6.58. The highest BCUT2D eigenvalue weighted by Gasteiger charge is 2.40. The van der Waals surface area contributed by atoms with Crippen LogP contribution in [0.25, 0.3) is 0 Å². The maximum absolute atomic E-state index is 13.1. The molecule has 0 atom stereocenters. The monoisotopic (exact) mass is 495 g/mol. The molecule has 3 aromatic rings. The molecular formula is C25H19Cl2N3O4. The minimum absolute atomic E-state index is 0.0965. The summed E-state index contributed by atoms with van der Waals surface area (Å²) in [7, 11) is 1.44. The van der Waals surface area contributed by atoms with Crippen LogP contribution in [-0.4, -0.2) is 24.8 Å². The van der Waals surface area contributed by atoms with Crippen LogP contribution in [0.15, 0.2) is 77.5 Å². The lowest BCUT2D eigenvalue weighted by atomic mass is 10.1. The Morgan fingerprint density at radius 2 is 1.71 bits per heavy atom. The normalized spacial score (nSPS) is 13.4. The summed E-state index contributed by atoms with van der Waals surface area (Å²) < 4.78 is 5.27. The number of amides is 3. The molecule has 4 rings (SSSR count). The summed E-state index contributed by atoms with van der Waals surface area (Å²) in [5, 5.41) is 5.94. The summed E-state index contributed by atoms with van der Waals surface area (Å²) in [5.41, 5.74) is 2.37. The zero-order valence-electron chi connectivity index (χ0n) is 18.2. The molecule has 1 aliphatic heterocycles. The van der Waals surface area contributed by atoms with Gasteiger partial charge in [-0.1, -0.05) is 47.5 Å². The number of methoxy groups -OCH3 is 1. The second kappa shape index (κ2) is 9.59. The molecule has 3 amide bonds. The van der Waals surface area contributed by atoms with Gasteiger partial charge in [-0.3, -0.25) is 14.4 Å². The number of halogens is 2. The highest BCUT2D eigenvalue weighted by Crippen LogP contribution is 2.35. The summed E-state index contributed by atoms with van der Waals surface area (Å²) in [6.07, 6.45) is 0. The number of anilines is 3. The Bertz CT molecular complexity index is 1350. The first kappa shape index (κ1) is 23.4. The summed E-state index contributed by atoms with van der Waals surface area (Å²) >= 11 is 12.3. The van der Waals surface area contributed by atoms with Crippen LogP contribution >= 0.6 is 23.2 Å². The van der Waals surface area contributed by atoms with Gasteiger partial charge in [0.05, 0.1) is 12.8 Å². The van der Waals surface area contributed by atoms with E-state index in [9.17, 15) is 14.4 Å². The lowest BCUT2D eigenvalue weighted by molar-refractivity contribution is -0.120. The van der Waals surface area contributed by atoms with E-state index in [4.69, 9.17) is 27.9 Å². The highest BCUT2D eigenvalue weighted by atomic mass is 35.5. The second-order valence-corrected chi connectivity index (χ2v) is 8.24. The molecule has 1 aliphatic rings. The quantitative estimate of drug-likeness (QED) is 0.450. The van der Waals surface area contributed by atoms with E-state index in [0.29, 0.717) is 27.7 Å². The average molecular weight is 496 g/mol. The van der Waals surface area contributed by atoms with Gasteiger partial charge in [-0.2, -0.15) is 0 Å². The van der Waals surface area contributed by atoms with E-state index < -0.39 is 11.8 Å². The van der Waals surface area contributed by atoms with Crippen molar-refractivity contribution in [3.8, 4) is 5.75 Å². The van der Waals surface area contributed by atoms with Crippen LogP contribution in [0.2, 0.25) is 5.02 Å². The van der Waals surface area contributed by atoms with Gasteiger partial charge in [-0.15, -0.1) is 0 Å². The summed E-state index contributed by atoms with van der Waals surface area (Å²) in [6, 6.07) is 18.3. The highest BCUT2D eigenvalue weighted by molar-refractivity contribution is 6.53. The van der Waals surface area contributed by atoms with Gasteiger partial charge in [0.15, 0.2) is 0 Å². The van der Waals surface area contributed by atoms with Gasteiger partial charge in [0.25, 0.3) is 17.7 Å². The molecule has 34 heavy (non-hydrogen) atoms. The molecule has 9 heteroatoms. The van der Waals surface area contributed by atoms with Crippen LogP contribution in [0.3, 0.4) is 0 Å². The molecule has 0 unspecified atom stereocenters. The molecule has 3 aromatic carbocycles. The van der Waals surface area contributed by atoms with E-state index in [-0.39, 0.29) is 22.3 Å². The summed E-state index contributed by atoms with van der Waals surface area (Å²) in [5.74, 6) is -1.32. The second-order valence-electron chi connectivity index (χ2n) is 7.43. The van der Waals surface area contributed by atoms with E-state index in [2.05, 4.69) is 10.6 Å². The molecule has 0 aliphatic carbocycles. The number of imide groups is 1. The minimum atomic E-state index is -0.677. The maximum atomic E-state index is 13.1. The van der Waals surface area contributed by atoms with Crippen molar-refractivity contribution in [2.75, 3.05) is 22.6 Å². The molecule has 0 spiro atoms. The van der Waals surface area contributed by atoms with Crippen molar-refractivity contribution in [1.29, 1.82) is 0 Å². The number of aryl methyl sites for hydroxylation is 1. The average Bonchev–Trinajstić information content (AvgIpc) is 3.04. The van der Waals surface area contributed by atoms with Gasteiger partial charge in [-0.25, -0.2) is 4.90 Å². The van der Waals surface area contributed by atoms with Crippen molar-refractivity contribution >= 4 is 58.0 Å². The van der Waals surface area contributed by atoms with E-state index >= 15 is 0 Å². The molecule has 2 N–H and O–H groups in total. The molecule has 1 heterocycles. The predicted molar refractivity (Wildman–Crippen MR) is 133 cm³/mol. The fourth-order valence-corrected chi connectivity index (χ4v) is 3.84. The lowest BCUT2D eigenvalue weighted by Crippen LogP contribution is -2.32. The molecule has 172 valence electrons. The molecular weight excluding hydrogens is 477 g/mol. The Labute approximate surface area is 205 Å². The Morgan fingerprint density at radius 1 is 0.941 bits per heavy atom. The third kappa shape index (κ3) is 4.48. The zero-order chi connectivity index (χ0) is 24.4. The van der Waals surface area contributed by atoms with Gasteiger partial charge < -0.3 is 15.4 Å². The van der Waals surface area contributed by atoms with Crippen molar-refractivity contribution in [2.45, 2.75) is 6.92 Å². The minimum Gasteiger partial charge on any atom is -0.495 e. The van der Waals surface area contributed by atoms with Crippen molar-refractivity contribution in [2.24, 2.45) is 0 Å². The van der Waals surface area contributed by atoms with Crippen LogP contribution in [0.4, 0.5) is 17.1 Å². The van der Waals surface area contributed by atoms with E-state index in [0.717, 1.165) is 10.5 Å². The Hall–Kier alpha value is -3.81. The number of carbonyl (C=O) groups excluding carboxylic acids is 3. The topological polar surface area (TPSA) is 87.7 Å². The van der Waals surface area contributed by atoms with Crippen LogP contribution in [-0.2, 0) is 9.59 Å². The lowest BCUT2D eigenvalue weighted by Gasteiger charge is -2.18. The molecule has 0 bridgehead atoms. The first-order valence-corrected chi connectivity index (χ1v) is 10.9. The van der Waals surface area contributed by atoms with Crippen LogP contribution in [0, 0.1) is 6.92 Å².